The molecule has 1 aliphatic heterocycles. The molecule has 1 amide bonds. The van der Waals surface area contributed by atoms with Gasteiger partial charge in [-0.2, -0.15) is 0 Å². The molecule has 1 saturated heterocycles. The Kier molecular flexibility index (Phi) is 7.32. The molecule has 23 heavy (non-hydrogen) atoms. The number of hydrogen-bond donors (Lipinski definition) is 1. The van der Waals surface area contributed by atoms with Crippen LogP contribution in [0.15, 0.2) is 30.6 Å². The first-order valence-corrected chi connectivity index (χ1v) is 7.59. The van der Waals surface area contributed by atoms with Crippen LogP contribution in [0.1, 0.15) is 20.3 Å². The molecule has 2 aromatic rings. The number of benzene rings is 1. The third-order valence-corrected chi connectivity index (χ3v) is 4.45. The Balaban J connectivity index is 0.00000132. The van der Waals surface area contributed by atoms with Gasteiger partial charge in [0.25, 0.3) is 0 Å². The highest BCUT2D eigenvalue weighted by Crippen LogP contribution is 2.14. The molecular formula is C16H24Cl2N4O. The summed E-state index contributed by atoms with van der Waals surface area (Å²) in [5, 5.41) is 3.40. The lowest BCUT2D eigenvalue weighted by molar-refractivity contribution is -0.135. The monoisotopic (exact) mass is 358 g/mol. The number of halogens is 2. The summed E-state index contributed by atoms with van der Waals surface area (Å²) in [5.41, 5.74) is 2.07. The van der Waals surface area contributed by atoms with Crippen molar-refractivity contribution >= 4 is 41.8 Å². The molecule has 128 valence electrons. The smallest absolute Gasteiger partial charge is 0.224 e. The van der Waals surface area contributed by atoms with Crippen molar-refractivity contribution in [2.24, 2.45) is 0 Å². The SMILES string of the molecule is CC1NCCN(C(=O)CCn2cnc3ccccc32)C1C.Cl.Cl. The molecule has 0 spiro atoms. The van der Waals surface area contributed by atoms with Crippen LogP contribution < -0.4 is 5.32 Å². The van der Waals surface area contributed by atoms with E-state index in [0.717, 1.165) is 24.1 Å². The maximum absolute atomic E-state index is 12.4. The molecule has 0 aliphatic carbocycles. The van der Waals surface area contributed by atoms with Gasteiger partial charge in [0.2, 0.25) is 5.91 Å². The van der Waals surface area contributed by atoms with Crippen molar-refractivity contribution in [3.63, 3.8) is 0 Å². The lowest BCUT2D eigenvalue weighted by Crippen LogP contribution is -2.57. The molecule has 7 heteroatoms. The van der Waals surface area contributed by atoms with Gasteiger partial charge in [0.15, 0.2) is 0 Å². The average molecular weight is 359 g/mol. The topological polar surface area (TPSA) is 50.2 Å². The van der Waals surface area contributed by atoms with Crippen molar-refractivity contribution in [1.29, 1.82) is 0 Å². The Morgan fingerprint density at radius 1 is 1.30 bits per heavy atom. The Bertz CT molecular complexity index is 646. The van der Waals surface area contributed by atoms with Crippen molar-refractivity contribution < 1.29 is 4.79 Å². The van der Waals surface area contributed by atoms with Crippen molar-refractivity contribution in [2.45, 2.75) is 38.9 Å². The number of rotatable bonds is 3. The zero-order chi connectivity index (χ0) is 14.8. The van der Waals surface area contributed by atoms with Gasteiger partial charge in [-0.3, -0.25) is 4.79 Å². The first kappa shape index (κ1) is 19.7. The molecule has 1 N–H and O–H groups in total. The number of fused-ring (bicyclic) bond motifs is 1. The number of para-hydroxylation sites is 2. The third-order valence-electron chi connectivity index (χ3n) is 4.45. The van der Waals surface area contributed by atoms with Crippen molar-refractivity contribution in [1.82, 2.24) is 19.8 Å². The summed E-state index contributed by atoms with van der Waals surface area (Å²) >= 11 is 0. The van der Waals surface area contributed by atoms with Crippen LogP contribution >= 0.6 is 24.8 Å². The van der Waals surface area contributed by atoms with E-state index >= 15 is 0 Å². The molecule has 1 aliphatic rings. The Hall–Kier alpha value is -1.30. The van der Waals surface area contributed by atoms with E-state index in [9.17, 15) is 4.79 Å². The van der Waals surface area contributed by atoms with E-state index in [1.54, 1.807) is 0 Å². The largest absolute Gasteiger partial charge is 0.337 e. The highest BCUT2D eigenvalue weighted by molar-refractivity contribution is 5.85. The van der Waals surface area contributed by atoms with Gasteiger partial charge in [-0.15, -0.1) is 24.8 Å². The highest BCUT2D eigenvalue weighted by atomic mass is 35.5. The quantitative estimate of drug-likeness (QED) is 0.916. The van der Waals surface area contributed by atoms with Crippen LogP contribution in [0.25, 0.3) is 11.0 Å². The van der Waals surface area contributed by atoms with Crippen molar-refractivity contribution in [2.75, 3.05) is 13.1 Å². The molecule has 1 fully saturated rings. The zero-order valence-corrected chi connectivity index (χ0v) is 15.1. The van der Waals surface area contributed by atoms with E-state index in [0.29, 0.717) is 19.0 Å². The van der Waals surface area contributed by atoms with E-state index in [-0.39, 0.29) is 36.8 Å². The zero-order valence-electron chi connectivity index (χ0n) is 13.4. The second kappa shape index (κ2) is 8.52. The first-order valence-electron chi connectivity index (χ1n) is 7.59. The van der Waals surface area contributed by atoms with Gasteiger partial charge in [0.05, 0.1) is 17.4 Å². The van der Waals surface area contributed by atoms with E-state index in [1.807, 2.05) is 35.5 Å². The number of carbonyl (C=O) groups is 1. The van der Waals surface area contributed by atoms with Gasteiger partial charge in [0, 0.05) is 38.1 Å². The molecule has 5 nitrogen and oxygen atoms in total. The van der Waals surface area contributed by atoms with Crippen LogP contribution in [0.5, 0.6) is 0 Å². The third kappa shape index (κ3) is 4.16. The van der Waals surface area contributed by atoms with Gasteiger partial charge in [-0.25, -0.2) is 4.98 Å². The normalized spacial score (nSPS) is 20.7. The fourth-order valence-electron chi connectivity index (χ4n) is 2.96. The van der Waals surface area contributed by atoms with Crippen LogP contribution in [0.4, 0.5) is 0 Å². The summed E-state index contributed by atoms with van der Waals surface area (Å²) < 4.78 is 2.06. The van der Waals surface area contributed by atoms with E-state index in [1.165, 1.54) is 0 Å². The van der Waals surface area contributed by atoms with Gasteiger partial charge in [-0.1, -0.05) is 12.1 Å². The number of aryl methyl sites for hydroxylation is 1. The van der Waals surface area contributed by atoms with Gasteiger partial charge in [0.1, 0.15) is 0 Å². The fourth-order valence-corrected chi connectivity index (χ4v) is 2.96. The van der Waals surface area contributed by atoms with Gasteiger partial charge >= 0.3 is 0 Å². The lowest BCUT2D eigenvalue weighted by Gasteiger charge is -2.38. The maximum atomic E-state index is 12.4. The van der Waals surface area contributed by atoms with Crippen LogP contribution in [0, 0.1) is 0 Å². The molecule has 0 bridgehead atoms. The molecule has 0 saturated carbocycles. The lowest BCUT2D eigenvalue weighted by atomic mass is 10.1. The number of nitrogens with one attached hydrogen (secondary N) is 1. The van der Waals surface area contributed by atoms with E-state index in [2.05, 4.69) is 28.7 Å². The van der Waals surface area contributed by atoms with Crippen LogP contribution in [-0.4, -0.2) is 45.5 Å². The number of hydrogen-bond acceptors (Lipinski definition) is 3. The molecule has 3 rings (SSSR count). The maximum Gasteiger partial charge on any atom is 0.224 e. The summed E-state index contributed by atoms with van der Waals surface area (Å²) in [4.78, 5) is 18.8. The average Bonchev–Trinajstić information content (AvgIpc) is 2.91. The number of carbonyl (C=O) groups excluding carboxylic acids is 1. The number of nitrogens with zero attached hydrogens (tertiary/aromatic N) is 3. The van der Waals surface area contributed by atoms with Gasteiger partial charge in [-0.05, 0) is 26.0 Å². The predicted molar refractivity (Wildman–Crippen MR) is 97.5 cm³/mol. The molecule has 0 radical (unpaired) electrons. The van der Waals surface area contributed by atoms with Crippen LogP contribution in [0.2, 0.25) is 0 Å². The van der Waals surface area contributed by atoms with Crippen LogP contribution in [-0.2, 0) is 11.3 Å². The summed E-state index contributed by atoms with van der Waals surface area (Å²) in [6, 6.07) is 8.63. The minimum atomic E-state index is 0. The number of amides is 1. The van der Waals surface area contributed by atoms with E-state index < -0.39 is 0 Å². The molecule has 1 aromatic heterocycles. The summed E-state index contributed by atoms with van der Waals surface area (Å²) in [6.45, 7) is 6.61. The van der Waals surface area contributed by atoms with Crippen molar-refractivity contribution in [3.8, 4) is 0 Å². The molecule has 2 unspecified atom stereocenters. The predicted octanol–water partition coefficient (Wildman–Crippen LogP) is 2.48. The van der Waals surface area contributed by atoms with E-state index in [4.69, 9.17) is 0 Å². The summed E-state index contributed by atoms with van der Waals surface area (Å²) in [7, 11) is 0. The second-order valence-electron chi connectivity index (χ2n) is 5.75. The molecule has 2 atom stereocenters. The summed E-state index contributed by atoms with van der Waals surface area (Å²) in [5.74, 6) is 0.230. The standard InChI is InChI=1S/C16H22N4O.2ClH/c1-12-13(2)20(10-8-17-12)16(21)7-9-19-11-18-14-5-3-4-6-15(14)19;;/h3-6,11-13,17H,7-10H2,1-2H3;2*1H. The van der Waals surface area contributed by atoms with Gasteiger partial charge < -0.3 is 14.8 Å². The molecule has 1 aromatic carbocycles. The minimum Gasteiger partial charge on any atom is -0.337 e. The van der Waals surface area contributed by atoms with Crippen LogP contribution in [0.3, 0.4) is 0 Å². The fraction of sp³-hybridized carbons (Fsp3) is 0.500. The van der Waals surface area contributed by atoms with Crippen molar-refractivity contribution in [3.05, 3.63) is 30.6 Å². The molecular weight excluding hydrogens is 335 g/mol. The number of piperazine rings is 1. The Morgan fingerprint density at radius 2 is 2.04 bits per heavy atom. The first-order chi connectivity index (χ1) is 10.2. The Morgan fingerprint density at radius 3 is 2.83 bits per heavy atom. The number of imidazole rings is 1. The Labute approximate surface area is 149 Å². The minimum absolute atomic E-state index is 0. The highest BCUT2D eigenvalue weighted by Gasteiger charge is 2.27. The molecule has 2 heterocycles. The summed E-state index contributed by atoms with van der Waals surface area (Å²) in [6.07, 6.45) is 2.35. The number of aromatic nitrogens is 2. The second-order valence-corrected chi connectivity index (χ2v) is 5.75.